The predicted octanol–water partition coefficient (Wildman–Crippen LogP) is 5.45. The molecule has 1 aromatic heterocycles. The van der Waals surface area contributed by atoms with Gasteiger partial charge in [0.1, 0.15) is 11.9 Å². The Morgan fingerprint density at radius 1 is 1.00 bits per heavy atom. The summed E-state index contributed by atoms with van der Waals surface area (Å²) in [5, 5.41) is 10.7. The molecule has 7 nitrogen and oxygen atoms in total. The first-order valence-corrected chi connectivity index (χ1v) is 14.1. The molecular formula is C31H36FN3O4. The van der Waals surface area contributed by atoms with Gasteiger partial charge in [0.05, 0.1) is 24.4 Å². The average Bonchev–Trinajstić information content (AvgIpc) is 3.49. The number of carboxylic acids is 1. The molecule has 8 heteroatoms. The van der Waals surface area contributed by atoms with Crippen LogP contribution in [-0.2, 0) is 17.9 Å². The summed E-state index contributed by atoms with van der Waals surface area (Å²) in [6.45, 7) is 2.35. The lowest BCUT2D eigenvalue weighted by atomic mass is 9.80. The number of likely N-dealkylation sites (N-methyl/N-ethyl adjacent to an activating group) is 1. The summed E-state index contributed by atoms with van der Waals surface area (Å²) >= 11 is 0. The lowest BCUT2D eigenvalue weighted by molar-refractivity contribution is -0.136. The van der Waals surface area contributed by atoms with Crippen LogP contribution in [0, 0.1) is 0 Å². The Kier molecular flexibility index (Phi) is 6.83. The molecule has 0 radical (unpaired) electrons. The van der Waals surface area contributed by atoms with Gasteiger partial charge in [-0.3, -0.25) is 9.69 Å². The topological polar surface area (TPSA) is 75.0 Å². The first kappa shape index (κ1) is 25.9. The standard InChI is InChI=1S/C31H36FN3O4/c1-33-13-5-8-26(33)30(36)34-14-15-35-27-17-19(31(37)38)9-11-24(27)28(23-6-3-4-7-25(23)32)29(35)22-12-10-21(39-2)16-20(22)18-34/h9-12,16-17,23,25-26H,3-8,13-15,18H2,1-2H3,(H,37,38)/t23-,25-,26+/m1/s1. The Balaban J connectivity index is 1.57. The molecule has 0 unspecified atom stereocenters. The molecule has 1 saturated heterocycles. The fourth-order valence-electron chi connectivity index (χ4n) is 7.00. The van der Waals surface area contributed by atoms with Crippen molar-refractivity contribution in [1.29, 1.82) is 0 Å². The molecule has 1 aliphatic carbocycles. The highest BCUT2D eigenvalue weighted by Crippen LogP contribution is 2.47. The highest BCUT2D eigenvalue weighted by Gasteiger charge is 2.36. The van der Waals surface area contributed by atoms with Crippen LogP contribution in [0.3, 0.4) is 0 Å². The van der Waals surface area contributed by atoms with Crippen molar-refractivity contribution in [3.63, 3.8) is 0 Å². The number of benzene rings is 2. The van der Waals surface area contributed by atoms with Crippen molar-refractivity contribution in [1.82, 2.24) is 14.4 Å². The van der Waals surface area contributed by atoms with Crippen molar-refractivity contribution in [3.8, 4) is 17.0 Å². The van der Waals surface area contributed by atoms with E-state index in [-0.39, 0.29) is 23.4 Å². The molecular weight excluding hydrogens is 497 g/mol. The zero-order chi connectivity index (χ0) is 27.3. The van der Waals surface area contributed by atoms with Gasteiger partial charge in [0.2, 0.25) is 5.91 Å². The van der Waals surface area contributed by atoms with E-state index in [2.05, 4.69) is 9.47 Å². The van der Waals surface area contributed by atoms with E-state index in [0.717, 1.165) is 71.9 Å². The van der Waals surface area contributed by atoms with Crippen LogP contribution < -0.4 is 4.74 Å². The highest BCUT2D eigenvalue weighted by molar-refractivity contribution is 5.98. The lowest BCUT2D eigenvalue weighted by Crippen LogP contribution is -2.45. The van der Waals surface area contributed by atoms with Crippen LogP contribution in [-0.4, -0.2) is 70.8 Å². The fraction of sp³-hybridized carbons (Fsp3) is 0.484. The van der Waals surface area contributed by atoms with Crippen molar-refractivity contribution in [2.75, 3.05) is 27.2 Å². The normalized spacial score (nSPS) is 23.7. The first-order valence-electron chi connectivity index (χ1n) is 14.1. The largest absolute Gasteiger partial charge is 0.497 e. The summed E-state index contributed by atoms with van der Waals surface area (Å²) in [4.78, 5) is 29.8. The number of fused-ring (bicyclic) bond motifs is 5. The Hall–Kier alpha value is -3.39. The monoisotopic (exact) mass is 533 g/mol. The minimum Gasteiger partial charge on any atom is -0.497 e. The Morgan fingerprint density at radius 3 is 2.54 bits per heavy atom. The highest BCUT2D eigenvalue weighted by atomic mass is 19.1. The average molecular weight is 534 g/mol. The second kappa shape index (κ2) is 10.3. The molecule has 1 saturated carbocycles. The van der Waals surface area contributed by atoms with Gasteiger partial charge >= 0.3 is 5.97 Å². The van der Waals surface area contributed by atoms with Gasteiger partial charge in [-0.2, -0.15) is 0 Å². The number of nitrogens with zero attached hydrogens (tertiary/aromatic N) is 3. The molecule has 2 aliphatic heterocycles. The van der Waals surface area contributed by atoms with E-state index < -0.39 is 12.1 Å². The molecule has 2 aromatic carbocycles. The molecule has 0 spiro atoms. The van der Waals surface area contributed by atoms with E-state index in [9.17, 15) is 14.7 Å². The van der Waals surface area contributed by atoms with Gasteiger partial charge < -0.3 is 19.3 Å². The van der Waals surface area contributed by atoms with Crippen LogP contribution >= 0.6 is 0 Å². The quantitative estimate of drug-likeness (QED) is 0.483. The van der Waals surface area contributed by atoms with Crippen LogP contribution in [0.2, 0.25) is 0 Å². The Labute approximate surface area is 228 Å². The molecule has 3 aromatic rings. The molecule has 2 fully saturated rings. The van der Waals surface area contributed by atoms with Crippen LogP contribution in [0.1, 0.15) is 65.9 Å². The van der Waals surface area contributed by atoms with Crippen molar-refractivity contribution in [2.45, 2.75) is 69.7 Å². The summed E-state index contributed by atoms with van der Waals surface area (Å²) in [6, 6.07) is 11.0. The molecule has 3 heterocycles. The maximum Gasteiger partial charge on any atom is 0.335 e. The number of aromatic carboxylic acids is 1. The number of alkyl halides is 1. The van der Waals surface area contributed by atoms with Crippen LogP contribution in [0.15, 0.2) is 36.4 Å². The number of carbonyl (C=O) groups is 2. The molecule has 39 heavy (non-hydrogen) atoms. The Morgan fingerprint density at radius 2 is 1.82 bits per heavy atom. The van der Waals surface area contributed by atoms with Gasteiger partial charge in [-0.05, 0) is 80.7 Å². The number of carbonyl (C=O) groups excluding carboxylic acids is 1. The molecule has 6 rings (SSSR count). The smallest absolute Gasteiger partial charge is 0.335 e. The summed E-state index contributed by atoms with van der Waals surface area (Å²) in [7, 11) is 3.64. The minimum atomic E-state index is -0.993. The number of hydrogen-bond acceptors (Lipinski definition) is 4. The van der Waals surface area contributed by atoms with Gasteiger partial charge in [0, 0.05) is 42.0 Å². The third kappa shape index (κ3) is 4.48. The number of aromatic nitrogens is 1. The Bertz CT molecular complexity index is 1430. The molecule has 3 atom stereocenters. The molecule has 1 amide bonds. The van der Waals surface area contributed by atoms with E-state index >= 15 is 4.39 Å². The minimum absolute atomic E-state index is 0.117. The summed E-state index contributed by atoms with van der Waals surface area (Å²) in [5.41, 5.74) is 4.81. The maximum atomic E-state index is 15.6. The number of amides is 1. The second-order valence-electron chi connectivity index (χ2n) is 11.3. The fourth-order valence-corrected chi connectivity index (χ4v) is 7.00. The number of carboxylic acid groups (broad SMARTS) is 1. The molecule has 0 bridgehead atoms. The summed E-state index contributed by atoms with van der Waals surface area (Å²) in [5.74, 6) is -0.427. The van der Waals surface area contributed by atoms with Crippen LogP contribution in [0.25, 0.3) is 22.2 Å². The zero-order valence-corrected chi connectivity index (χ0v) is 22.7. The van der Waals surface area contributed by atoms with Crippen molar-refractivity contribution >= 4 is 22.8 Å². The lowest BCUT2D eigenvalue weighted by Gasteiger charge is -2.33. The summed E-state index contributed by atoms with van der Waals surface area (Å²) in [6.07, 6.45) is 4.06. The van der Waals surface area contributed by atoms with E-state index in [4.69, 9.17) is 4.74 Å². The first-order chi connectivity index (χ1) is 18.9. The predicted molar refractivity (Wildman–Crippen MR) is 148 cm³/mol. The summed E-state index contributed by atoms with van der Waals surface area (Å²) < 4.78 is 23.3. The maximum absolute atomic E-state index is 15.6. The third-order valence-electron chi connectivity index (χ3n) is 9.04. The van der Waals surface area contributed by atoms with Crippen molar-refractivity contribution < 1.29 is 23.8 Å². The van der Waals surface area contributed by atoms with E-state index in [0.29, 0.717) is 31.8 Å². The molecule has 1 N–H and O–H groups in total. The number of rotatable bonds is 4. The van der Waals surface area contributed by atoms with Crippen molar-refractivity contribution in [2.24, 2.45) is 0 Å². The van der Waals surface area contributed by atoms with E-state index in [1.54, 1.807) is 19.2 Å². The van der Waals surface area contributed by atoms with Gasteiger partial charge in [0.25, 0.3) is 0 Å². The van der Waals surface area contributed by atoms with Crippen molar-refractivity contribution in [3.05, 3.63) is 53.1 Å². The third-order valence-corrected chi connectivity index (χ3v) is 9.04. The molecule has 206 valence electrons. The number of ether oxygens (including phenoxy) is 1. The zero-order valence-electron chi connectivity index (χ0n) is 22.7. The van der Waals surface area contributed by atoms with Gasteiger partial charge in [-0.15, -0.1) is 0 Å². The molecule has 3 aliphatic rings. The second-order valence-corrected chi connectivity index (χ2v) is 11.3. The van der Waals surface area contributed by atoms with Gasteiger partial charge in [-0.1, -0.05) is 18.9 Å². The SMILES string of the molecule is COc1ccc2c(c1)CN(C(=O)[C@@H]1CCCN1C)CCn1c-2c([C@@H]2CCCC[C@H]2F)c2ccc(C(=O)O)cc21. The van der Waals surface area contributed by atoms with E-state index in [1.165, 1.54) is 0 Å². The van der Waals surface area contributed by atoms with Crippen LogP contribution in [0.4, 0.5) is 4.39 Å². The number of halogens is 1. The number of likely N-dealkylation sites (tertiary alicyclic amines) is 1. The van der Waals surface area contributed by atoms with Gasteiger partial charge in [0.15, 0.2) is 0 Å². The number of methoxy groups -OCH3 is 1. The van der Waals surface area contributed by atoms with Crippen LogP contribution in [0.5, 0.6) is 5.75 Å². The van der Waals surface area contributed by atoms with Gasteiger partial charge in [-0.25, -0.2) is 9.18 Å². The number of hydrogen-bond donors (Lipinski definition) is 1. The van der Waals surface area contributed by atoms with E-state index in [1.807, 2.05) is 36.2 Å².